The van der Waals surface area contributed by atoms with E-state index in [1.807, 2.05) is 6.07 Å². The largest absolute Gasteiger partial charge is 0.481 e. The smallest absolute Gasteiger partial charge is 0.314 e. The Hall–Kier alpha value is -1.40. The van der Waals surface area contributed by atoms with E-state index in [9.17, 15) is 14.7 Å². The Balaban J connectivity index is 0.000000505. The van der Waals surface area contributed by atoms with E-state index in [1.165, 1.54) is 5.56 Å². The van der Waals surface area contributed by atoms with Crippen LogP contribution in [0.15, 0.2) is 30.3 Å². The lowest BCUT2D eigenvalue weighted by molar-refractivity contribution is -0.150. The molecule has 2 N–H and O–H groups in total. The highest BCUT2D eigenvalue weighted by Gasteiger charge is 2.35. The molecule has 1 fully saturated rings. The first-order valence-corrected chi connectivity index (χ1v) is 9.23. The molecule has 5 nitrogen and oxygen atoms in total. The quantitative estimate of drug-likeness (QED) is 0.583. The minimum Gasteiger partial charge on any atom is -0.481 e. The Morgan fingerprint density at radius 2 is 1.79 bits per heavy atom. The van der Waals surface area contributed by atoms with Crippen molar-refractivity contribution in [2.24, 2.45) is 0 Å². The molecule has 2 rings (SSSR count). The zero-order valence-electron chi connectivity index (χ0n) is 13.9. The molecule has 6 heteroatoms. The molecule has 1 aliphatic rings. The average molecular weight is 401 g/mol. The Morgan fingerprint density at radius 1 is 1.25 bits per heavy atom. The molecule has 0 atom stereocenters. The van der Waals surface area contributed by atoms with Crippen molar-refractivity contribution >= 4 is 27.9 Å². The standard InChI is InChI=1S/C16H22O3.C2H3BrO2/c1-2-19-15(17)12-16(18)10-8-14(9-11-16)13-6-4-3-5-7-13;3-1-2(4)5/h3-7,14,18H,2,8-12H2,1H3;1H2,(H,4,5). The van der Waals surface area contributed by atoms with Gasteiger partial charge < -0.3 is 14.9 Å². The van der Waals surface area contributed by atoms with Gasteiger partial charge in [-0.05, 0) is 44.1 Å². The maximum atomic E-state index is 11.5. The number of ether oxygens (including phenoxy) is 1. The van der Waals surface area contributed by atoms with E-state index in [0.29, 0.717) is 25.4 Å². The van der Waals surface area contributed by atoms with E-state index in [-0.39, 0.29) is 17.7 Å². The second-order valence-electron chi connectivity index (χ2n) is 5.92. The first kappa shape index (κ1) is 20.6. The number of aliphatic hydroxyl groups is 1. The van der Waals surface area contributed by atoms with Crippen molar-refractivity contribution in [1.82, 2.24) is 0 Å². The molecule has 1 aromatic carbocycles. The third kappa shape index (κ3) is 7.45. The summed E-state index contributed by atoms with van der Waals surface area (Å²) < 4.78 is 4.92. The highest BCUT2D eigenvalue weighted by molar-refractivity contribution is 9.09. The van der Waals surface area contributed by atoms with Crippen LogP contribution in [0.4, 0.5) is 0 Å². The van der Waals surface area contributed by atoms with Gasteiger partial charge in [-0.15, -0.1) is 0 Å². The summed E-state index contributed by atoms with van der Waals surface area (Å²) in [6.45, 7) is 2.16. The fourth-order valence-electron chi connectivity index (χ4n) is 2.87. The van der Waals surface area contributed by atoms with Gasteiger partial charge in [-0.3, -0.25) is 9.59 Å². The van der Waals surface area contributed by atoms with Crippen molar-refractivity contribution in [2.75, 3.05) is 11.9 Å². The van der Waals surface area contributed by atoms with Gasteiger partial charge >= 0.3 is 11.9 Å². The summed E-state index contributed by atoms with van der Waals surface area (Å²) in [5.41, 5.74) is 0.470. The number of hydrogen-bond acceptors (Lipinski definition) is 4. The lowest BCUT2D eigenvalue weighted by Crippen LogP contribution is -2.36. The first-order chi connectivity index (χ1) is 11.4. The van der Waals surface area contributed by atoms with Crippen LogP contribution in [0.3, 0.4) is 0 Å². The molecule has 0 bridgehead atoms. The summed E-state index contributed by atoms with van der Waals surface area (Å²) >= 11 is 2.71. The summed E-state index contributed by atoms with van der Waals surface area (Å²) in [7, 11) is 0. The van der Waals surface area contributed by atoms with Gasteiger partial charge in [0.1, 0.15) is 5.33 Å². The maximum Gasteiger partial charge on any atom is 0.314 e. The number of carboxylic acids is 1. The van der Waals surface area contributed by atoms with Crippen molar-refractivity contribution < 1.29 is 24.5 Å². The van der Waals surface area contributed by atoms with Crippen LogP contribution < -0.4 is 0 Å². The molecule has 1 saturated carbocycles. The lowest BCUT2D eigenvalue weighted by atomic mass is 9.75. The molecule has 0 radical (unpaired) electrons. The van der Waals surface area contributed by atoms with Crippen molar-refractivity contribution in [3.63, 3.8) is 0 Å². The second-order valence-corrected chi connectivity index (χ2v) is 6.48. The number of aliphatic carboxylic acids is 1. The van der Waals surface area contributed by atoms with Crippen LogP contribution in [0.5, 0.6) is 0 Å². The number of alkyl halides is 1. The van der Waals surface area contributed by atoms with Gasteiger partial charge in [0.15, 0.2) is 0 Å². The Labute approximate surface area is 151 Å². The van der Waals surface area contributed by atoms with Gasteiger partial charge in [-0.1, -0.05) is 46.3 Å². The molecular weight excluding hydrogens is 376 g/mol. The van der Waals surface area contributed by atoms with Gasteiger partial charge in [0.05, 0.1) is 18.6 Å². The molecule has 0 unspecified atom stereocenters. The van der Waals surface area contributed by atoms with Gasteiger partial charge in [0.25, 0.3) is 0 Å². The van der Waals surface area contributed by atoms with Crippen molar-refractivity contribution in [2.45, 2.75) is 50.5 Å². The van der Waals surface area contributed by atoms with Crippen molar-refractivity contribution in [3.05, 3.63) is 35.9 Å². The predicted molar refractivity (Wildman–Crippen MR) is 95.3 cm³/mol. The number of carbonyl (C=O) groups is 2. The SMILES string of the molecule is CCOC(=O)CC1(O)CCC(c2ccccc2)CC1.O=C(O)CBr. The van der Waals surface area contributed by atoms with Crippen LogP contribution >= 0.6 is 15.9 Å². The van der Waals surface area contributed by atoms with E-state index in [0.717, 1.165) is 12.8 Å². The van der Waals surface area contributed by atoms with Crippen LogP contribution in [0.2, 0.25) is 0 Å². The first-order valence-electron chi connectivity index (χ1n) is 8.11. The Morgan fingerprint density at radius 3 is 2.25 bits per heavy atom. The van der Waals surface area contributed by atoms with E-state index in [4.69, 9.17) is 9.84 Å². The molecule has 0 saturated heterocycles. The second kappa shape index (κ2) is 10.5. The molecule has 0 aliphatic heterocycles. The zero-order valence-corrected chi connectivity index (χ0v) is 15.5. The number of halogens is 1. The molecule has 24 heavy (non-hydrogen) atoms. The van der Waals surface area contributed by atoms with E-state index in [1.54, 1.807) is 6.92 Å². The van der Waals surface area contributed by atoms with E-state index in [2.05, 4.69) is 40.2 Å². The Kier molecular flexibility index (Phi) is 9.00. The van der Waals surface area contributed by atoms with Crippen LogP contribution in [-0.2, 0) is 14.3 Å². The molecular formula is C18H25BrO5. The topological polar surface area (TPSA) is 83.8 Å². The fourth-order valence-corrected chi connectivity index (χ4v) is 2.87. The number of esters is 1. The monoisotopic (exact) mass is 400 g/mol. The molecule has 1 aliphatic carbocycles. The molecule has 0 spiro atoms. The molecule has 0 heterocycles. The fraction of sp³-hybridized carbons (Fsp3) is 0.556. The van der Waals surface area contributed by atoms with Crippen LogP contribution in [0, 0.1) is 0 Å². The third-order valence-corrected chi connectivity index (χ3v) is 4.56. The number of rotatable bonds is 5. The third-order valence-electron chi connectivity index (χ3n) is 4.08. The van der Waals surface area contributed by atoms with Gasteiger partial charge in [-0.25, -0.2) is 0 Å². The number of benzene rings is 1. The van der Waals surface area contributed by atoms with Gasteiger partial charge in [0.2, 0.25) is 0 Å². The van der Waals surface area contributed by atoms with Crippen LogP contribution in [0.1, 0.15) is 50.5 Å². The average Bonchev–Trinajstić information content (AvgIpc) is 2.56. The molecule has 1 aromatic rings. The number of carbonyl (C=O) groups excluding carboxylic acids is 1. The summed E-state index contributed by atoms with van der Waals surface area (Å²) in [6, 6.07) is 10.4. The summed E-state index contributed by atoms with van der Waals surface area (Å²) in [6.07, 6.45) is 3.33. The number of carboxylic acid groups (broad SMARTS) is 1. The molecule has 0 amide bonds. The lowest BCUT2D eigenvalue weighted by Gasteiger charge is -2.35. The summed E-state index contributed by atoms with van der Waals surface area (Å²) in [4.78, 5) is 20.8. The van der Waals surface area contributed by atoms with Crippen LogP contribution in [0.25, 0.3) is 0 Å². The van der Waals surface area contributed by atoms with Crippen molar-refractivity contribution in [1.29, 1.82) is 0 Å². The van der Waals surface area contributed by atoms with E-state index >= 15 is 0 Å². The molecule has 0 aromatic heterocycles. The van der Waals surface area contributed by atoms with Gasteiger partial charge in [-0.2, -0.15) is 0 Å². The van der Waals surface area contributed by atoms with Crippen LogP contribution in [-0.4, -0.2) is 39.7 Å². The zero-order chi connectivity index (χ0) is 18.0. The minimum atomic E-state index is -0.864. The van der Waals surface area contributed by atoms with Gasteiger partial charge in [0, 0.05) is 0 Å². The summed E-state index contributed by atoms with van der Waals surface area (Å²) in [5, 5.41) is 18.1. The highest BCUT2D eigenvalue weighted by atomic mass is 79.9. The van der Waals surface area contributed by atoms with E-state index < -0.39 is 11.6 Å². The summed E-state index contributed by atoms with van der Waals surface area (Å²) in [5.74, 6) is -0.614. The predicted octanol–water partition coefficient (Wildman–Crippen LogP) is 3.49. The maximum absolute atomic E-state index is 11.5. The Bertz CT molecular complexity index is 509. The highest BCUT2D eigenvalue weighted by Crippen LogP contribution is 2.39. The minimum absolute atomic E-state index is 0.0347. The van der Waals surface area contributed by atoms with Crippen molar-refractivity contribution in [3.8, 4) is 0 Å². The number of hydrogen-bond donors (Lipinski definition) is 2. The molecule has 134 valence electrons. The normalized spacial score (nSPS) is 22.9.